The Hall–Kier alpha value is -0.500. The number of urea groups is 1. The minimum absolute atomic E-state index is 0.0560. The number of carboxylic acid groups (broad SMARTS) is 1. The van der Waals surface area contributed by atoms with Gasteiger partial charge in [-0.2, -0.15) is 0 Å². The third kappa shape index (κ3) is 6.25. The van der Waals surface area contributed by atoms with Gasteiger partial charge in [-0.1, -0.05) is 0 Å². The zero-order valence-electron chi connectivity index (χ0n) is 14.7. The SMILES string of the molecule is NCCNC(=O)Nc1c(I)c(C(=O)O)c(I)c(C(=O)N(CCN)CCN)c1I. The van der Waals surface area contributed by atoms with Gasteiger partial charge in [-0.15, -0.1) is 0 Å². The van der Waals surface area contributed by atoms with Crippen LogP contribution >= 0.6 is 67.8 Å². The zero-order valence-corrected chi connectivity index (χ0v) is 21.2. The number of halogens is 3. The van der Waals surface area contributed by atoms with Gasteiger partial charge in [0.25, 0.3) is 5.91 Å². The van der Waals surface area contributed by atoms with Crippen molar-refractivity contribution in [1.82, 2.24) is 10.2 Å². The second kappa shape index (κ2) is 12.3. The number of benzene rings is 1. The molecule has 13 heteroatoms. The fraction of sp³-hybridized carbons (Fsp3) is 0.400. The van der Waals surface area contributed by atoms with Gasteiger partial charge in [0.15, 0.2) is 0 Å². The lowest BCUT2D eigenvalue weighted by molar-refractivity contribution is 0.0694. The Labute approximate surface area is 203 Å². The molecule has 0 radical (unpaired) electrons. The average Bonchev–Trinajstić information content (AvgIpc) is 2.62. The van der Waals surface area contributed by atoms with E-state index in [1.165, 1.54) is 4.90 Å². The molecule has 156 valence electrons. The van der Waals surface area contributed by atoms with Gasteiger partial charge in [0, 0.05) is 42.8 Å². The summed E-state index contributed by atoms with van der Waals surface area (Å²) in [5.41, 5.74) is 16.9. The van der Waals surface area contributed by atoms with E-state index in [0.717, 1.165) is 0 Å². The van der Waals surface area contributed by atoms with E-state index in [0.29, 0.717) is 7.14 Å². The summed E-state index contributed by atoms with van der Waals surface area (Å²) >= 11 is 5.62. The van der Waals surface area contributed by atoms with Crippen molar-refractivity contribution in [2.24, 2.45) is 17.2 Å². The van der Waals surface area contributed by atoms with E-state index in [4.69, 9.17) is 17.2 Å². The second-order valence-electron chi connectivity index (χ2n) is 5.41. The van der Waals surface area contributed by atoms with Crippen LogP contribution in [0.15, 0.2) is 0 Å². The van der Waals surface area contributed by atoms with Crippen LogP contribution in [0.25, 0.3) is 0 Å². The monoisotopic (exact) mass is 730 g/mol. The van der Waals surface area contributed by atoms with Gasteiger partial charge >= 0.3 is 12.0 Å². The van der Waals surface area contributed by atoms with Crippen molar-refractivity contribution >= 4 is 91.4 Å². The summed E-state index contributed by atoms with van der Waals surface area (Å²) in [6.45, 7) is 1.53. The Morgan fingerprint density at radius 3 is 1.89 bits per heavy atom. The lowest BCUT2D eigenvalue weighted by Crippen LogP contribution is -2.40. The van der Waals surface area contributed by atoms with Crippen LogP contribution in [0, 0.1) is 10.7 Å². The largest absolute Gasteiger partial charge is 0.478 e. The summed E-state index contributed by atoms with van der Waals surface area (Å²) in [7, 11) is 0. The summed E-state index contributed by atoms with van der Waals surface area (Å²) in [5, 5.41) is 14.8. The van der Waals surface area contributed by atoms with Gasteiger partial charge in [0.1, 0.15) is 0 Å². The molecule has 1 rings (SSSR count). The van der Waals surface area contributed by atoms with Crippen molar-refractivity contribution in [3.05, 3.63) is 21.8 Å². The molecule has 0 aromatic heterocycles. The number of amides is 3. The van der Waals surface area contributed by atoms with Gasteiger partial charge in [0.05, 0.1) is 24.0 Å². The molecule has 0 aliphatic heterocycles. The number of nitrogens with two attached hydrogens (primary N) is 3. The zero-order chi connectivity index (χ0) is 21.4. The Morgan fingerprint density at radius 2 is 1.43 bits per heavy atom. The number of rotatable bonds is 9. The highest BCUT2D eigenvalue weighted by molar-refractivity contribution is 14.1. The van der Waals surface area contributed by atoms with Crippen molar-refractivity contribution in [2.75, 3.05) is 44.6 Å². The molecule has 0 spiro atoms. The Morgan fingerprint density at radius 1 is 0.893 bits per heavy atom. The maximum Gasteiger partial charge on any atom is 0.337 e. The molecule has 9 N–H and O–H groups in total. The third-order valence-electron chi connectivity index (χ3n) is 3.50. The maximum atomic E-state index is 13.1. The number of carbonyl (C=O) groups is 3. The normalized spacial score (nSPS) is 10.5. The Kier molecular flexibility index (Phi) is 11.2. The summed E-state index contributed by atoms with van der Waals surface area (Å²) < 4.78 is 1.04. The molecule has 0 atom stereocenters. The van der Waals surface area contributed by atoms with Gasteiger partial charge in [0.2, 0.25) is 0 Å². The smallest absolute Gasteiger partial charge is 0.337 e. The lowest BCUT2D eigenvalue weighted by Gasteiger charge is -2.24. The minimum atomic E-state index is -1.20. The van der Waals surface area contributed by atoms with E-state index in [1.807, 2.05) is 67.8 Å². The first-order valence-electron chi connectivity index (χ1n) is 8.09. The molecule has 0 unspecified atom stereocenters. The summed E-state index contributed by atoms with van der Waals surface area (Å²) in [6, 6.07) is -0.544. The minimum Gasteiger partial charge on any atom is -0.478 e. The predicted molar refractivity (Wildman–Crippen MR) is 132 cm³/mol. The summed E-state index contributed by atoms with van der Waals surface area (Å²) in [6.07, 6.45) is 0. The van der Waals surface area contributed by atoms with Crippen molar-refractivity contribution in [3.63, 3.8) is 0 Å². The molecule has 0 heterocycles. The molecule has 0 fully saturated rings. The van der Waals surface area contributed by atoms with E-state index >= 15 is 0 Å². The average molecular weight is 730 g/mol. The van der Waals surface area contributed by atoms with E-state index in [-0.39, 0.29) is 59.7 Å². The van der Waals surface area contributed by atoms with Gasteiger partial charge in [-0.05, 0) is 67.8 Å². The van der Waals surface area contributed by atoms with Crippen LogP contribution in [0.1, 0.15) is 20.7 Å². The lowest BCUT2D eigenvalue weighted by atomic mass is 10.1. The molecule has 1 aromatic rings. The van der Waals surface area contributed by atoms with Crippen molar-refractivity contribution < 1.29 is 19.5 Å². The Bertz CT molecular complexity index is 756. The first-order valence-corrected chi connectivity index (χ1v) is 11.3. The number of nitrogens with one attached hydrogen (secondary N) is 2. The highest BCUT2D eigenvalue weighted by atomic mass is 127. The molecular formula is C15H21I3N6O4. The third-order valence-corrected chi connectivity index (χ3v) is 6.73. The molecule has 0 saturated carbocycles. The van der Waals surface area contributed by atoms with Crippen LogP contribution in [0.4, 0.5) is 10.5 Å². The number of carbonyl (C=O) groups excluding carboxylic acids is 2. The van der Waals surface area contributed by atoms with Gasteiger partial charge < -0.3 is 37.8 Å². The van der Waals surface area contributed by atoms with E-state index in [2.05, 4.69) is 10.6 Å². The first kappa shape index (κ1) is 25.5. The predicted octanol–water partition coefficient (Wildman–Crippen LogP) is 0.638. The number of nitrogens with zero attached hydrogens (tertiary/aromatic N) is 1. The molecule has 0 saturated heterocycles. The summed E-state index contributed by atoms with van der Waals surface area (Å²) in [5.74, 6) is -1.59. The second-order valence-corrected chi connectivity index (χ2v) is 8.65. The fourth-order valence-corrected chi connectivity index (χ4v) is 6.64. The van der Waals surface area contributed by atoms with Crippen molar-refractivity contribution in [2.45, 2.75) is 0 Å². The maximum absolute atomic E-state index is 13.1. The number of anilines is 1. The van der Waals surface area contributed by atoms with Gasteiger partial charge in [-0.3, -0.25) is 4.79 Å². The molecule has 10 nitrogen and oxygen atoms in total. The summed E-state index contributed by atoms with van der Waals surface area (Å²) in [4.78, 5) is 38.5. The highest BCUT2D eigenvalue weighted by Gasteiger charge is 2.30. The standard InChI is InChI=1S/C15H21I3N6O4/c16-9-7(13(25)24(5-2-20)6-3-21)10(17)12(11(18)8(9)14(26)27)23-15(28)22-4-1-19/h1-6,19-21H2,(H,26,27)(H2,22,23,28). The molecule has 3 amide bonds. The highest BCUT2D eigenvalue weighted by Crippen LogP contribution is 2.36. The number of hydrogen-bond donors (Lipinski definition) is 6. The number of hydrogen-bond acceptors (Lipinski definition) is 6. The molecule has 0 aliphatic rings. The molecule has 0 bridgehead atoms. The van der Waals surface area contributed by atoms with Crippen LogP contribution < -0.4 is 27.8 Å². The van der Waals surface area contributed by atoms with Crippen LogP contribution in [0.3, 0.4) is 0 Å². The molecule has 0 aliphatic carbocycles. The van der Waals surface area contributed by atoms with Crippen LogP contribution in [0.5, 0.6) is 0 Å². The van der Waals surface area contributed by atoms with E-state index in [9.17, 15) is 19.5 Å². The van der Waals surface area contributed by atoms with Crippen molar-refractivity contribution in [1.29, 1.82) is 0 Å². The number of carboxylic acids is 1. The number of aromatic carboxylic acids is 1. The van der Waals surface area contributed by atoms with Crippen LogP contribution in [-0.4, -0.2) is 67.2 Å². The molecule has 28 heavy (non-hydrogen) atoms. The van der Waals surface area contributed by atoms with E-state index in [1.54, 1.807) is 0 Å². The first-order chi connectivity index (χ1) is 13.2. The van der Waals surface area contributed by atoms with Crippen LogP contribution in [-0.2, 0) is 0 Å². The van der Waals surface area contributed by atoms with Crippen LogP contribution in [0.2, 0.25) is 0 Å². The molecule has 1 aromatic carbocycles. The fourth-order valence-electron chi connectivity index (χ4n) is 2.28. The van der Waals surface area contributed by atoms with E-state index < -0.39 is 17.9 Å². The topological polar surface area (TPSA) is 177 Å². The van der Waals surface area contributed by atoms with Crippen molar-refractivity contribution in [3.8, 4) is 0 Å². The quantitative estimate of drug-likeness (QED) is 0.202. The Balaban J connectivity index is 3.57. The molecular weight excluding hydrogens is 709 g/mol. The van der Waals surface area contributed by atoms with Gasteiger partial charge in [-0.25, -0.2) is 9.59 Å².